The summed E-state index contributed by atoms with van der Waals surface area (Å²) in [7, 11) is -1.93. The summed E-state index contributed by atoms with van der Waals surface area (Å²) in [5.74, 6) is 0. The normalized spacial score (nSPS) is 11.2. The molecule has 0 fully saturated rings. The Morgan fingerprint density at radius 3 is 0.950 bits per heavy atom. The maximum absolute atomic E-state index is 9.23. The Labute approximate surface area is 120 Å². The van der Waals surface area contributed by atoms with Gasteiger partial charge in [0.1, 0.15) is 14.7 Å². The minimum atomic E-state index is -1.93. The van der Waals surface area contributed by atoms with Crippen LogP contribution in [0.15, 0.2) is 106 Å². The highest BCUT2D eigenvalue weighted by Crippen LogP contribution is 2.36. The Balaban J connectivity index is 2.27. The van der Waals surface area contributed by atoms with Crippen LogP contribution >= 0.6 is 0 Å². The highest BCUT2D eigenvalue weighted by molar-refractivity contribution is 8.04. The summed E-state index contributed by atoms with van der Waals surface area (Å²) in [6.45, 7) is 0. The lowest BCUT2D eigenvalue weighted by Gasteiger charge is -2.16. The third-order valence-corrected chi connectivity index (χ3v) is 6.23. The summed E-state index contributed by atoms with van der Waals surface area (Å²) in [6, 6.07) is 30.4. The van der Waals surface area contributed by atoms with Crippen LogP contribution in [-0.4, -0.2) is 0 Å². The quantitative estimate of drug-likeness (QED) is 0.646. The van der Waals surface area contributed by atoms with Gasteiger partial charge in [-0.05, 0) is 36.4 Å². The molecular weight excluding hydrogens is 262 g/mol. The molecular formula is C18H16NS+. The standard InChI is InChI=1S/C18H16NS/c19-20(16-10-4-1-5-11-16,17-12-6-2-7-13-17)18-14-8-3-9-15-18/h1-15,19H/q+1. The molecule has 0 radical (unpaired) electrons. The molecule has 0 aliphatic carbocycles. The fourth-order valence-electron chi connectivity index (χ4n) is 2.28. The van der Waals surface area contributed by atoms with Gasteiger partial charge in [0.25, 0.3) is 0 Å². The van der Waals surface area contributed by atoms with Gasteiger partial charge >= 0.3 is 0 Å². The van der Waals surface area contributed by atoms with E-state index in [0.29, 0.717) is 0 Å². The Morgan fingerprint density at radius 2 is 0.700 bits per heavy atom. The van der Waals surface area contributed by atoms with Crippen molar-refractivity contribution in [2.45, 2.75) is 14.7 Å². The van der Waals surface area contributed by atoms with E-state index in [-0.39, 0.29) is 0 Å². The third kappa shape index (κ3) is 2.19. The van der Waals surface area contributed by atoms with Crippen molar-refractivity contribution in [3.63, 3.8) is 0 Å². The molecule has 0 aliphatic heterocycles. The molecule has 0 heterocycles. The van der Waals surface area contributed by atoms with Crippen molar-refractivity contribution in [1.29, 1.82) is 4.78 Å². The monoisotopic (exact) mass is 278 g/mol. The summed E-state index contributed by atoms with van der Waals surface area (Å²) in [6.07, 6.45) is 0. The maximum atomic E-state index is 9.23. The molecule has 0 amide bonds. The molecule has 1 nitrogen and oxygen atoms in total. The van der Waals surface area contributed by atoms with Crippen molar-refractivity contribution in [3.8, 4) is 0 Å². The Kier molecular flexibility index (Phi) is 3.48. The topological polar surface area (TPSA) is 23.9 Å². The SMILES string of the molecule is N=[S+](c1ccccc1)(c1ccccc1)c1ccccc1. The van der Waals surface area contributed by atoms with E-state index >= 15 is 0 Å². The van der Waals surface area contributed by atoms with Gasteiger partial charge in [-0.15, -0.1) is 4.78 Å². The number of nitrogens with one attached hydrogen (secondary N) is 1. The second kappa shape index (κ2) is 5.43. The van der Waals surface area contributed by atoms with Gasteiger partial charge in [0.15, 0.2) is 0 Å². The molecule has 3 aromatic rings. The minimum absolute atomic E-state index is 1.07. The van der Waals surface area contributed by atoms with Crippen molar-refractivity contribution in [2.24, 2.45) is 0 Å². The van der Waals surface area contributed by atoms with Crippen molar-refractivity contribution in [3.05, 3.63) is 91.0 Å². The fourth-order valence-corrected chi connectivity index (χ4v) is 4.79. The number of rotatable bonds is 3. The third-order valence-electron chi connectivity index (χ3n) is 3.29. The van der Waals surface area contributed by atoms with E-state index in [2.05, 4.69) is 36.4 Å². The molecule has 98 valence electrons. The van der Waals surface area contributed by atoms with Crippen LogP contribution in [-0.2, 0) is 9.82 Å². The molecule has 0 saturated carbocycles. The van der Waals surface area contributed by atoms with E-state index in [1.807, 2.05) is 54.6 Å². The van der Waals surface area contributed by atoms with Gasteiger partial charge in [0.05, 0.1) is 9.82 Å². The first-order valence-electron chi connectivity index (χ1n) is 6.55. The van der Waals surface area contributed by atoms with Gasteiger partial charge in [-0.3, -0.25) is 0 Å². The molecule has 3 aromatic carbocycles. The van der Waals surface area contributed by atoms with Gasteiger partial charge < -0.3 is 0 Å². The molecule has 0 bridgehead atoms. The summed E-state index contributed by atoms with van der Waals surface area (Å²) in [4.78, 5) is 3.20. The van der Waals surface area contributed by atoms with Crippen LogP contribution in [0, 0.1) is 4.78 Å². The molecule has 0 atom stereocenters. The van der Waals surface area contributed by atoms with Gasteiger partial charge in [0.2, 0.25) is 0 Å². The van der Waals surface area contributed by atoms with E-state index < -0.39 is 9.82 Å². The summed E-state index contributed by atoms with van der Waals surface area (Å²) >= 11 is 0. The molecule has 0 unspecified atom stereocenters. The van der Waals surface area contributed by atoms with Gasteiger partial charge in [-0.1, -0.05) is 54.6 Å². The smallest absolute Gasteiger partial charge is 0.141 e. The molecule has 0 spiro atoms. The second-order valence-corrected chi connectivity index (χ2v) is 7.19. The Hall–Kier alpha value is -2.19. The Bertz CT molecular complexity index is 618. The zero-order chi connectivity index (χ0) is 13.8. The highest BCUT2D eigenvalue weighted by atomic mass is 32.2. The van der Waals surface area contributed by atoms with Crippen molar-refractivity contribution < 1.29 is 0 Å². The summed E-state index contributed by atoms with van der Waals surface area (Å²) in [5, 5.41) is 0. The van der Waals surface area contributed by atoms with Gasteiger partial charge in [-0.25, -0.2) is 0 Å². The summed E-state index contributed by atoms with van der Waals surface area (Å²) in [5.41, 5.74) is 0. The number of hydrogen-bond donors (Lipinski definition) is 1. The van der Waals surface area contributed by atoms with Crippen LogP contribution in [0.5, 0.6) is 0 Å². The Morgan fingerprint density at radius 1 is 0.450 bits per heavy atom. The van der Waals surface area contributed by atoms with Crippen LogP contribution in [0.4, 0.5) is 0 Å². The summed E-state index contributed by atoms with van der Waals surface area (Å²) < 4.78 is 9.23. The molecule has 20 heavy (non-hydrogen) atoms. The molecule has 2 heteroatoms. The first-order chi connectivity index (χ1) is 9.82. The van der Waals surface area contributed by atoms with Crippen molar-refractivity contribution in [2.75, 3.05) is 0 Å². The zero-order valence-electron chi connectivity index (χ0n) is 11.1. The zero-order valence-corrected chi connectivity index (χ0v) is 11.9. The lowest BCUT2D eigenvalue weighted by atomic mass is 10.4. The number of benzene rings is 3. The molecule has 1 N–H and O–H groups in total. The minimum Gasteiger partial charge on any atom is -0.141 e. The van der Waals surface area contributed by atoms with Crippen LogP contribution in [0.2, 0.25) is 0 Å². The first kappa shape index (κ1) is 12.8. The maximum Gasteiger partial charge on any atom is 0.149 e. The fraction of sp³-hybridized carbons (Fsp3) is 0. The van der Waals surface area contributed by atoms with Crippen LogP contribution < -0.4 is 0 Å². The van der Waals surface area contributed by atoms with Crippen LogP contribution in [0.25, 0.3) is 0 Å². The van der Waals surface area contributed by atoms with Crippen LogP contribution in [0.1, 0.15) is 0 Å². The van der Waals surface area contributed by atoms with E-state index in [4.69, 9.17) is 0 Å². The average Bonchev–Trinajstić information content (AvgIpc) is 2.56. The molecule has 0 aliphatic rings. The second-order valence-electron chi connectivity index (χ2n) is 4.55. The van der Waals surface area contributed by atoms with E-state index in [9.17, 15) is 4.78 Å². The number of hydrogen-bond acceptors (Lipinski definition) is 1. The lowest BCUT2D eigenvalue weighted by molar-refractivity contribution is 1.26. The van der Waals surface area contributed by atoms with E-state index in [1.54, 1.807) is 0 Å². The average molecular weight is 278 g/mol. The van der Waals surface area contributed by atoms with Crippen LogP contribution in [0.3, 0.4) is 0 Å². The molecule has 3 rings (SSSR count). The van der Waals surface area contributed by atoms with Crippen molar-refractivity contribution in [1.82, 2.24) is 0 Å². The molecule has 0 saturated heterocycles. The highest BCUT2D eigenvalue weighted by Gasteiger charge is 2.31. The van der Waals surface area contributed by atoms with Gasteiger partial charge in [0, 0.05) is 0 Å². The van der Waals surface area contributed by atoms with E-state index in [0.717, 1.165) is 14.7 Å². The predicted octanol–water partition coefficient (Wildman–Crippen LogP) is 5.08. The van der Waals surface area contributed by atoms with Crippen molar-refractivity contribution >= 4 is 9.82 Å². The largest absolute Gasteiger partial charge is 0.149 e. The van der Waals surface area contributed by atoms with Gasteiger partial charge in [-0.2, -0.15) is 0 Å². The molecule has 0 aromatic heterocycles. The van der Waals surface area contributed by atoms with E-state index in [1.165, 1.54) is 0 Å². The predicted molar refractivity (Wildman–Crippen MR) is 84.2 cm³/mol. The first-order valence-corrected chi connectivity index (χ1v) is 8.18. The lowest BCUT2D eigenvalue weighted by Crippen LogP contribution is -2.11.